The second kappa shape index (κ2) is 5.14. The molecule has 0 radical (unpaired) electrons. The maximum Gasteiger partial charge on any atom is 0.304 e. The zero-order valence-electron chi connectivity index (χ0n) is 10.4. The monoisotopic (exact) mass is 277 g/mol. The van der Waals surface area contributed by atoms with E-state index in [2.05, 4.69) is 0 Å². The number of carbonyl (C=O) groups is 1. The number of carboxylic acid groups (broad SMARTS) is 1. The zero-order chi connectivity index (χ0) is 13.3. The van der Waals surface area contributed by atoms with Crippen LogP contribution < -0.4 is 0 Å². The minimum atomic E-state index is -3.10. The number of sulfone groups is 1. The molecule has 3 unspecified atom stereocenters. The molecule has 2 aliphatic rings. The van der Waals surface area contributed by atoms with Crippen molar-refractivity contribution in [2.24, 2.45) is 0 Å². The number of carboxylic acids is 1. The molecular formula is C11H19NO5S. The normalized spacial score (nSPS) is 36.6. The Morgan fingerprint density at radius 3 is 2.78 bits per heavy atom. The van der Waals surface area contributed by atoms with E-state index in [4.69, 9.17) is 9.84 Å². The highest BCUT2D eigenvalue weighted by atomic mass is 32.2. The summed E-state index contributed by atoms with van der Waals surface area (Å²) in [5.74, 6) is -0.886. The molecule has 2 fully saturated rings. The molecular weight excluding hydrogens is 258 g/mol. The van der Waals surface area contributed by atoms with Crippen molar-refractivity contribution in [3.05, 3.63) is 0 Å². The molecule has 0 amide bonds. The van der Waals surface area contributed by atoms with Gasteiger partial charge in [0.2, 0.25) is 0 Å². The predicted octanol–water partition coefficient (Wildman–Crippen LogP) is -0.262. The molecule has 0 saturated carbocycles. The van der Waals surface area contributed by atoms with E-state index < -0.39 is 21.8 Å². The lowest BCUT2D eigenvalue weighted by molar-refractivity contribution is -0.138. The number of aliphatic carboxylic acids is 1. The molecule has 2 saturated heterocycles. The SMILES string of the molecule is CC1OCCC1N1CCS(=O)(=O)CC1CC(=O)O. The van der Waals surface area contributed by atoms with Crippen molar-refractivity contribution >= 4 is 15.8 Å². The largest absolute Gasteiger partial charge is 0.481 e. The standard InChI is InChI=1S/C11H19NO5S/c1-8-10(2-4-17-8)12-3-5-18(15,16)7-9(12)6-11(13)14/h8-10H,2-7H2,1H3,(H,13,14). The molecule has 2 heterocycles. The number of ether oxygens (including phenoxy) is 1. The van der Waals surface area contributed by atoms with Gasteiger partial charge < -0.3 is 9.84 Å². The lowest BCUT2D eigenvalue weighted by Gasteiger charge is -2.39. The van der Waals surface area contributed by atoms with Gasteiger partial charge in [-0.05, 0) is 13.3 Å². The number of hydrogen-bond acceptors (Lipinski definition) is 5. The van der Waals surface area contributed by atoms with Crippen molar-refractivity contribution in [1.82, 2.24) is 4.90 Å². The van der Waals surface area contributed by atoms with Crippen LogP contribution in [0.25, 0.3) is 0 Å². The Morgan fingerprint density at radius 2 is 2.22 bits per heavy atom. The van der Waals surface area contributed by atoms with E-state index in [1.54, 1.807) is 0 Å². The molecule has 104 valence electrons. The minimum absolute atomic E-state index is 0.0436. The lowest BCUT2D eigenvalue weighted by Crippen LogP contribution is -2.55. The maximum atomic E-state index is 11.6. The Morgan fingerprint density at radius 1 is 1.50 bits per heavy atom. The van der Waals surface area contributed by atoms with Crippen molar-refractivity contribution in [2.45, 2.75) is 38.0 Å². The van der Waals surface area contributed by atoms with Gasteiger partial charge >= 0.3 is 5.97 Å². The summed E-state index contributed by atoms with van der Waals surface area (Å²) in [5.41, 5.74) is 0. The number of rotatable bonds is 3. The van der Waals surface area contributed by atoms with Crippen LogP contribution in [0.2, 0.25) is 0 Å². The molecule has 0 aliphatic carbocycles. The summed E-state index contributed by atoms with van der Waals surface area (Å²) in [5, 5.41) is 8.91. The molecule has 0 aromatic rings. The smallest absolute Gasteiger partial charge is 0.304 e. The minimum Gasteiger partial charge on any atom is -0.481 e. The molecule has 7 heteroatoms. The summed E-state index contributed by atoms with van der Waals surface area (Å²) >= 11 is 0. The third kappa shape index (κ3) is 3.02. The first kappa shape index (κ1) is 13.8. The molecule has 0 spiro atoms. The molecule has 18 heavy (non-hydrogen) atoms. The van der Waals surface area contributed by atoms with Crippen LogP contribution in [0.4, 0.5) is 0 Å². The molecule has 0 aromatic heterocycles. The van der Waals surface area contributed by atoms with Gasteiger partial charge in [-0.15, -0.1) is 0 Å². The Hall–Kier alpha value is -0.660. The van der Waals surface area contributed by atoms with Crippen LogP contribution in [0.5, 0.6) is 0 Å². The predicted molar refractivity (Wildman–Crippen MR) is 65.2 cm³/mol. The van der Waals surface area contributed by atoms with Gasteiger partial charge in [0, 0.05) is 25.2 Å². The van der Waals surface area contributed by atoms with Crippen LogP contribution >= 0.6 is 0 Å². The molecule has 6 nitrogen and oxygen atoms in total. The third-order valence-corrected chi connectivity index (χ3v) is 5.45. The van der Waals surface area contributed by atoms with Crippen LogP contribution in [-0.4, -0.2) is 67.2 Å². The Bertz CT molecular complexity index is 421. The molecule has 0 aromatic carbocycles. The fraction of sp³-hybridized carbons (Fsp3) is 0.909. The maximum absolute atomic E-state index is 11.6. The fourth-order valence-corrected chi connectivity index (χ4v) is 4.42. The van der Waals surface area contributed by atoms with Gasteiger partial charge in [-0.1, -0.05) is 0 Å². The van der Waals surface area contributed by atoms with Crippen molar-refractivity contribution in [3.8, 4) is 0 Å². The third-order valence-electron chi connectivity index (χ3n) is 3.75. The highest BCUT2D eigenvalue weighted by molar-refractivity contribution is 7.91. The van der Waals surface area contributed by atoms with Gasteiger partial charge in [0.15, 0.2) is 9.84 Å². The summed E-state index contributed by atoms with van der Waals surface area (Å²) in [6.45, 7) is 3.03. The fourth-order valence-electron chi connectivity index (χ4n) is 2.87. The highest BCUT2D eigenvalue weighted by Crippen LogP contribution is 2.26. The van der Waals surface area contributed by atoms with E-state index in [0.717, 1.165) is 6.42 Å². The van der Waals surface area contributed by atoms with Crippen LogP contribution in [0.1, 0.15) is 19.8 Å². The Labute approximate surface area is 107 Å². The topological polar surface area (TPSA) is 83.9 Å². The Balaban J connectivity index is 2.14. The van der Waals surface area contributed by atoms with Gasteiger partial charge in [0.1, 0.15) is 0 Å². The van der Waals surface area contributed by atoms with Crippen molar-refractivity contribution in [1.29, 1.82) is 0 Å². The first-order valence-electron chi connectivity index (χ1n) is 6.18. The van der Waals surface area contributed by atoms with E-state index >= 15 is 0 Å². The highest BCUT2D eigenvalue weighted by Gasteiger charge is 2.40. The van der Waals surface area contributed by atoms with Gasteiger partial charge in [-0.25, -0.2) is 8.42 Å². The molecule has 0 bridgehead atoms. The number of hydrogen-bond donors (Lipinski definition) is 1. The second-order valence-electron chi connectivity index (χ2n) is 5.04. The van der Waals surface area contributed by atoms with Crippen molar-refractivity contribution in [3.63, 3.8) is 0 Å². The van der Waals surface area contributed by atoms with Gasteiger partial charge in [0.05, 0.1) is 24.0 Å². The van der Waals surface area contributed by atoms with Crippen molar-refractivity contribution in [2.75, 3.05) is 24.7 Å². The van der Waals surface area contributed by atoms with E-state index in [1.165, 1.54) is 0 Å². The summed E-state index contributed by atoms with van der Waals surface area (Å²) in [4.78, 5) is 12.9. The van der Waals surface area contributed by atoms with E-state index in [0.29, 0.717) is 13.2 Å². The van der Waals surface area contributed by atoms with Crippen LogP contribution in [0, 0.1) is 0 Å². The summed E-state index contributed by atoms with van der Waals surface area (Å²) < 4.78 is 28.8. The summed E-state index contributed by atoms with van der Waals surface area (Å²) in [7, 11) is -3.10. The molecule has 3 atom stereocenters. The molecule has 1 N–H and O–H groups in total. The second-order valence-corrected chi connectivity index (χ2v) is 7.26. The summed E-state index contributed by atoms with van der Waals surface area (Å²) in [6.07, 6.45) is 0.766. The van der Waals surface area contributed by atoms with Crippen LogP contribution in [0.3, 0.4) is 0 Å². The van der Waals surface area contributed by atoms with Crippen LogP contribution in [0.15, 0.2) is 0 Å². The number of nitrogens with zero attached hydrogens (tertiary/aromatic N) is 1. The lowest BCUT2D eigenvalue weighted by atomic mass is 10.1. The van der Waals surface area contributed by atoms with E-state index in [1.807, 2.05) is 11.8 Å². The van der Waals surface area contributed by atoms with Gasteiger partial charge in [-0.2, -0.15) is 0 Å². The molecule has 2 rings (SSSR count). The first-order valence-corrected chi connectivity index (χ1v) is 8.01. The Kier molecular flexibility index (Phi) is 3.93. The average molecular weight is 277 g/mol. The zero-order valence-corrected chi connectivity index (χ0v) is 11.2. The first-order chi connectivity index (χ1) is 8.39. The van der Waals surface area contributed by atoms with E-state index in [-0.39, 0.29) is 30.1 Å². The summed E-state index contributed by atoms with van der Waals surface area (Å²) in [6, 6.07) is -0.278. The van der Waals surface area contributed by atoms with Gasteiger partial charge in [-0.3, -0.25) is 9.69 Å². The van der Waals surface area contributed by atoms with Crippen molar-refractivity contribution < 1.29 is 23.1 Å². The quantitative estimate of drug-likeness (QED) is 0.765. The van der Waals surface area contributed by atoms with Crippen LogP contribution in [-0.2, 0) is 19.4 Å². The van der Waals surface area contributed by atoms with E-state index in [9.17, 15) is 13.2 Å². The van der Waals surface area contributed by atoms with Gasteiger partial charge in [0.25, 0.3) is 0 Å². The molecule has 2 aliphatic heterocycles. The average Bonchev–Trinajstić information content (AvgIpc) is 2.62.